The highest BCUT2D eigenvalue weighted by molar-refractivity contribution is 5.67. The summed E-state index contributed by atoms with van der Waals surface area (Å²) >= 11 is 0. The van der Waals surface area contributed by atoms with Gasteiger partial charge in [-0.15, -0.1) is 0 Å². The molecule has 0 saturated heterocycles. The summed E-state index contributed by atoms with van der Waals surface area (Å²) in [5.74, 6) is -0.809. The summed E-state index contributed by atoms with van der Waals surface area (Å²) in [5, 5.41) is 8.69. The van der Waals surface area contributed by atoms with Gasteiger partial charge in [0.1, 0.15) is 0 Å². The normalized spacial score (nSPS) is 12.4. The van der Waals surface area contributed by atoms with E-state index in [0.717, 1.165) is 12.8 Å². The van der Waals surface area contributed by atoms with Gasteiger partial charge in [0.05, 0.1) is 12.5 Å². The van der Waals surface area contributed by atoms with Crippen LogP contribution in [0, 0.1) is 6.92 Å². The summed E-state index contributed by atoms with van der Waals surface area (Å²) in [6.45, 7) is 2.06. The Labute approximate surface area is 96.1 Å². The Morgan fingerprint density at radius 3 is 2.69 bits per heavy atom. The van der Waals surface area contributed by atoms with Gasteiger partial charge in [0.15, 0.2) is 0 Å². The Morgan fingerprint density at radius 1 is 1.44 bits per heavy atom. The smallest absolute Gasteiger partial charge is 0.305 e. The number of aryl methyl sites for hydroxylation is 2. The topological polar surface area (TPSA) is 46.5 Å². The van der Waals surface area contributed by atoms with Crippen LogP contribution in [0.1, 0.15) is 24.0 Å². The van der Waals surface area contributed by atoms with Crippen molar-refractivity contribution in [2.24, 2.45) is 0 Å². The zero-order chi connectivity index (χ0) is 12.0. The predicted octanol–water partition coefficient (Wildman–Crippen LogP) is 2.42. The second-order valence-corrected chi connectivity index (χ2v) is 3.92. The van der Waals surface area contributed by atoms with Crippen LogP contribution >= 0.6 is 0 Å². The zero-order valence-corrected chi connectivity index (χ0v) is 9.77. The van der Waals surface area contributed by atoms with Crippen molar-refractivity contribution in [2.45, 2.75) is 32.3 Å². The van der Waals surface area contributed by atoms with Gasteiger partial charge in [0.25, 0.3) is 0 Å². The number of hydrogen-bond donors (Lipinski definition) is 1. The molecule has 1 atom stereocenters. The highest BCUT2D eigenvalue weighted by Gasteiger charge is 2.12. The molecule has 1 aromatic carbocycles. The van der Waals surface area contributed by atoms with E-state index in [9.17, 15) is 4.79 Å². The van der Waals surface area contributed by atoms with Crippen molar-refractivity contribution in [1.29, 1.82) is 0 Å². The molecule has 0 saturated carbocycles. The van der Waals surface area contributed by atoms with E-state index < -0.39 is 5.97 Å². The standard InChI is InChI=1S/C13H18O3/c1-10-5-3-4-6-11(10)7-8-12(16-2)9-13(14)15/h3-6,12H,7-9H2,1-2H3,(H,14,15). The van der Waals surface area contributed by atoms with Crippen molar-refractivity contribution in [1.82, 2.24) is 0 Å². The van der Waals surface area contributed by atoms with Crippen molar-refractivity contribution in [3.05, 3.63) is 35.4 Å². The number of rotatable bonds is 6. The highest BCUT2D eigenvalue weighted by Crippen LogP contribution is 2.13. The van der Waals surface area contributed by atoms with Gasteiger partial charge in [0, 0.05) is 7.11 Å². The number of carboxylic acids is 1. The second-order valence-electron chi connectivity index (χ2n) is 3.92. The number of benzene rings is 1. The first-order valence-electron chi connectivity index (χ1n) is 5.42. The molecule has 1 aromatic rings. The van der Waals surface area contributed by atoms with Crippen molar-refractivity contribution < 1.29 is 14.6 Å². The third-order valence-corrected chi connectivity index (χ3v) is 2.73. The highest BCUT2D eigenvalue weighted by atomic mass is 16.5. The molecule has 88 valence electrons. The molecule has 0 bridgehead atoms. The fourth-order valence-corrected chi connectivity index (χ4v) is 1.71. The van der Waals surface area contributed by atoms with Gasteiger partial charge >= 0.3 is 5.97 Å². The molecule has 0 aliphatic rings. The molecule has 0 heterocycles. The van der Waals surface area contributed by atoms with E-state index in [1.165, 1.54) is 11.1 Å². The first-order chi connectivity index (χ1) is 7.63. The Balaban J connectivity index is 2.49. The van der Waals surface area contributed by atoms with Crippen molar-refractivity contribution in [2.75, 3.05) is 7.11 Å². The van der Waals surface area contributed by atoms with Gasteiger partial charge in [-0.3, -0.25) is 4.79 Å². The van der Waals surface area contributed by atoms with Gasteiger partial charge in [-0.2, -0.15) is 0 Å². The van der Waals surface area contributed by atoms with E-state index in [0.29, 0.717) is 0 Å². The first kappa shape index (κ1) is 12.7. The second kappa shape index (κ2) is 6.28. The van der Waals surface area contributed by atoms with Gasteiger partial charge in [0.2, 0.25) is 0 Å². The third-order valence-electron chi connectivity index (χ3n) is 2.73. The minimum absolute atomic E-state index is 0.0718. The van der Waals surface area contributed by atoms with Crippen LogP contribution < -0.4 is 0 Å². The molecule has 0 radical (unpaired) electrons. The first-order valence-corrected chi connectivity index (χ1v) is 5.42. The van der Waals surface area contributed by atoms with Gasteiger partial charge in [-0.1, -0.05) is 24.3 Å². The lowest BCUT2D eigenvalue weighted by molar-refractivity contribution is -0.139. The molecule has 3 nitrogen and oxygen atoms in total. The maximum Gasteiger partial charge on any atom is 0.305 e. The summed E-state index contributed by atoms with van der Waals surface area (Å²) in [6.07, 6.45) is 1.48. The summed E-state index contributed by atoms with van der Waals surface area (Å²) in [4.78, 5) is 10.6. The quantitative estimate of drug-likeness (QED) is 0.804. The molecule has 16 heavy (non-hydrogen) atoms. The van der Waals surface area contributed by atoms with Crippen LogP contribution in [0.5, 0.6) is 0 Å². The van der Waals surface area contributed by atoms with E-state index in [-0.39, 0.29) is 12.5 Å². The molecular weight excluding hydrogens is 204 g/mol. The van der Waals surface area contributed by atoms with Crippen LogP contribution in [0.3, 0.4) is 0 Å². The molecule has 0 fully saturated rings. The molecule has 1 N–H and O–H groups in total. The minimum Gasteiger partial charge on any atom is -0.481 e. The van der Waals surface area contributed by atoms with Crippen molar-refractivity contribution in [3.8, 4) is 0 Å². The van der Waals surface area contributed by atoms with Crippen LogP contribution in [-0.2, 0) is 16.0 Å². The van der Waals surface area contributed by atoms with E-state index in [4.69, 9.17) is 9.84 Å². The average molecular weight is 222 g/mol. The SMILES string of the molecule is COC(CCc1ccccc1C)CC(=O)O. The van der Waals surface area contributed by atoms with E-state index in [2.05, 4.69) is 19.1 Å². The van der Waals surface area contributed by atoms with E-state index in [1.54, 1.807) is 7.11 Å². The molecule has 0 aliphatic heterocycles. The van der Waals surface area contributed by atoms with Crippen LogP contribution in [0.15, 0.2) is 24.3 Å². The van der Waals surface area contributed by atoms with E-state index >= 15 is 0 Å². The fraction of sp³-hybridized carbons (Fsp3) is 0.462. The van der Waals surface area contributed by atoms with Crippen molar-refractivity contribution >= 4 is 5.97 Å². The molecule has 1 rings (SSSR count). The number of carboxylic acid groups (broad SMARTS) is 1. The average Bonchev–Trinajstić information content (AvgIpc) is 2.25. The lowest BCUT2D eigenvalue weighted by atomic mass is 10.0. The monoisotopic (exact) mass is 222 g/mol. The molecule has 0 amide bonds. The summed E-state index contributed by atoms with van der Waals surface area (Å²) in [7, 11) is 1.56. The largest absolute Gasteiger partial charge is 0.481 e. The fourth-order valence-electron chi connectivity index (χ4n) is 1.71. The lowest BCUT2D eigenvalue weighted by Gasteiger charge is -2.13. The molecule has 3 heteroatoms. The van der Waals surface area contributed by atoms with Crippen LogP contribution in [-0.4, -0.2) is 24.3 Å². The number of methoxy groups -OCH3 is 1. The van der Waals surface area contributed by atoms with Crippen molar-refractivity contribution in [3.63, 3.8) is 0 Å². The van der Waals surface area contributed by atoms with Gasteiger partial charge < -0.3 is 9.84 Å². The maximum atomic E-state index is 10.6. The summed E-state index contributed by atoms with van der Waals surface area (Å²) in [5.41, 5.74) is 2.50. The van der Waals surface area contributed by atoms with Crippen LogP contribution in [0.2, 0.25) is 0 Å². The number of hydrogen-bond acceptors (Lipinski definition) is 2. The third kappa shape index (κ3) is 4.03. The van der Waals surface area contributed by atoms with Gasteiger partial charge in [-0.05, 0) is 30.9 Å². The molecule has 1 unspecified atom stereocenters. The van der Waals surface area contributed by atoms with Gasteiger partial charge in [-0.25, -0.2) is 0 Å². The number of ether oxygens (including phenoxy) is 1. The lowest BCUT2D eigenvalue weighted by Crippen LogP contribution is -2.16. The predicted molar refractivity (Wildman–Crippen MR) is 62.5 cm³/mol. The molecule has 0 aliphatic carbocycles. The molecule has 0 aromatic heterocycles. The van der Waals surface area contributed by atoms with Crippen LogP contribution in [0.25, 0.3) is 0 Å². The molecule has 0 spiro atoms. The Morgan fingerprint density at radius 2 is 2.12 bits per heavy atom. The Bertz CT molecular complexity index is 347. The molecular formula is C13H18O3. The Kier molecular flexibility index (Phi) is 4.99. The zero-order valence-electron chi connectivity index (χ0n) is 9.77. The van der Waals surface area contributed by atoms with Crippen LogP contribution in [0.4, 0.5) is 0 Å². The number of aliphatic carboxylic acids is 1. The summed E-state index contributed by atoms with van der Waals surface area (Å²) < 4.78 is 5.14. The summed E-state index contributed by atoms with van der Waals surface area (Å²) in [6, 6.07) is 8.14. The minimum atomic E-state index is -0.809. The maximum absolute atomic E-state index is 10.6. The van der Waals surface area contributed by atoms with E-state index in [1.807, 2.05) is 12.1 Å². The Hall–Kier alpha value is -1.35. The number of carbonyl (C=O) groups is 1.